The van der Waals surface area contributed by atoms with E-state index in [1.54, 1.807) is 12.1 Å². The van der Waals surface area contributed by atoms with Crippen molar-refractivity contribution >= 4 is 40.2 Å². The van der Waals surface area contributed by atoms with Crippen LogP contribution in [0.2, 0.25) is 5.02 Å². The third kappa shape index (κ3) is 6.53. The summed E-state index contributed by atoms with van der Waals surface area (Å²) in [5, 5.41) is 15.3. The van der Waals surface area contributed by atoms with Crippen LogP contribution in [0.1, 0.15) is 22.8 Å². The molecule has 2 rings (SSSR count). The topological polar surface area (TPSA) is 170 Å². The van der Waals surface area contributed by atoms with Crippen molar-refractivity contribution in [2.75, 3.05) is 0 Å². The molecule has 1 saturated heterocycles. The molecule has 0 aliphatic carbocycles. The number of alkyl halides is 3. The third-order valence-electron chi connectivity index (χ3n) is 3.46. The minimum Gasteiger partial charge on any atom is -0.480 e. The van der Waals surface area contributed by atoms with Crippen LogP contribution in [-0.2, 0) is 20.8 Å². The van der Waals surface area contributed by atoms with Crippen molar-refractivity contribution in [3.05, 3.63) is 34.3 Å². The molecule has 0 saturated carbocycles. The van der Waals surface area contributed by atoms with Gasteiger partial charge in [0.2, 0.25) is 5.91 Å². The highest BCUT2D eigenvalue weighted by atomic mass is 35.5. The Morgan fingerprint density at radius 1 is 1.32 bits per heavy atom. The highest BCUT2D eigenvalue weighted by molar-refractivity contribution is 8.23. The first-order valence-electron chi connectivity index (χ1n) is 7.29. The molecule has 1 fully saturated rings. The van der Waals surface area contributed by atoms with Gasteiger partial charge >= 0.3 is 18.1 Å². The Bertz CT molecular complexity index is 776. The molecule has 1 aliphatic rings. The van der Waals surface area contributed by atoms with Crippen molar-refractivity contribution in [3.8, 4) is 0 Å². The predicted octanol–water partition coefficient (Wildman–Crippen LogP) is 2.15. The molecule has 1 aromatic carbocycles. The van der Waals surface area contributed by atoms with Gasteiger partial charge in [-0.3, -0.25) is 23.4 Å². The van der Waals surface area contributed by atoms with Gasteiger partial charge in [-0.2, -0.15) is 13.2 Å². The van der Waals surface area contributed by atoms with E-state index in [2.05, 4.69) is 4.72 Å². The Kier molecular flexibility index (Phi) is 7.67. The lowest BCUT2D eigenvalue weighted by molar-refractivity contribution is -0.192. The maximum Gasteiger partial charge on any atom is 0.490 e. The monoisotopic (exact) mass is 448 g/mol. The largest absolute Gasteiger partial charge is 0.490 e. The summed E-state index contributed by atoms with van der Waals surface area (Å²) < 4.78 is 53.5. The van der Waals surface area contributed by atoms with Gasteiger partial charge in [0.1, 0.15) is 11.3 Å². The first-order valence-corrected chi connectivity index (χ1v) is 9.28. The number of carboxylic acid groups (broad SMARTS) is 2. The number of carboxylic acids is 2. The van der Waals surface area contributed by atoms with Crippen molar-refractivity contribution in [1.29, 1.82) is 0 Å². The van der Waals surface area contributed by atoms with Gasteiger partial charge < -0.3 is 15.9 Å². The summed E-state index contributed by atoms with van der Waals surface area (Å²) in [6, 6.07) is 3.66. The zero-order valence-electron chi connectivity index (χ0n) is 13.8. The van der Waals surface area contributed by atoms with Crippen molar-refractivity contribution in [2.24, 2.45) is 5.73 Å². The Labute approximate surface area is 162 Å². The molecule has 14 heteroatoms. The lowest BCUT2D eigenvalue weighted by Gasteiger charge is -2.33. The van der Waals surface area contributed by atoms with E-state index in [4.69, 9.17) is 32.3 Å². The van der Waals surface area contributed by atoms with E-state index >= 15 is 0 Å². The van der Waals surface area contributed by atoms with Crippen LogP contribution in [0.5, 0.6) is 0 Å². The number of aliphatic carboxylic acids is 2. The molecule has 0 spiro atoms. The maximum atomic E-state index is 11.3. The number of hydrogen-bond donors (Lipinski definition) is 6. The van der Waals surface area contributed by atoms with E-state index in [0.29, 0.717) is 11.1 Å². The van der Waals surface area contributed by atoms with E-state index in [0.717, 1.165) is 0 Å². The fourth-order valence-corrected chi connectivity index (χ4v) is 4.06. The second-order valence-corrected chi connectivity index (χ2v) is 7.98. The Morgan fingerprint density at radius 2 is 1.86 bits per heavy atom. The molecule has 1 aromatic rings. The van der Waals surface area contributed by atoms with E-state index in [9.17, 15) is 31.9 Å². The number of halogens is 4. The quantitative estimate of drug-likeness (QED) is 0.406. The predicted molar refractivity (Wildman–Crippen MR) is 92.8 cm³/mol. The first kappa shape index (κ1) is 24.0. The van der Waals surface area contributed by atoms with Crippen molar-refractivity contribution in [3.63, 3.8) is 0 Å². The lowest BCUT2D eigenvalue weighted by Crippen LogP contribution is -2.32. The molecule has 0 bridgehead atoms. The minimum absolute atomic E-state index is 0.0595. The molecular weight excluding hydrogens is 433 g/mol. The van der Waals surface area contributed by atoms with Crippen LogP contribution in [0.25, 0.3) is 0 Å². The molecule has 0 aromatic heterocycles. The number of rotatable bonds is 4. The van der Waals surface area contributed by atoms with Gasteiger partial charge in [0.25, 0.3) is 0 Å². The number of carbonyl (C=O) groups is 3. The second kappa shape index (κ2) is 8.96. The van der Waals surface area contributed by atoms with E-state index < -0.39 is 46.1 Å². The minimum atomic E-state index is -5.08. The Hall–Kier alpha value is -2.06. The normalized spacial score (nSPS) is 20.4. The maximum absolute atomic E-state index is 11.3. The molecule has 0 radical (unpaired) electrons. The number of hydrogen-bond acceptors (Lipinski definition) is 6. The van der Waals surface area contributed by atoms with Crippen LogP contribution in [0.4, 0.5) is 13.2 Å². The van der Waals surface area contributed by atoms with Crippen LogP contribution in [0, 0.1) is 0 Å². The molecule has 158 valence electrons. The summed E-state index contributed by atoms with van der Waals surface area (Å²) in [5.41, 5.74) is 6.50. The third-order valence-corrected chi connectivity index (χ3v) is 5.53. The van der Waals surface area contributed by atoms with Crippen LogP contribution in [0.3, 0.4) is 0 Å². The van der Waals surface area contributed by atoms with Gasteiger partial charge in [-0.1, -0.05) is 23.7 Å². The van der Waals surface area contributed by atoms with Gasteiger partial charge in [0.05, 0.1) is 6.42 Å². The highest BCUT2D eigenvalue weighted by Gasteiger charge is 2.39. The van der Waals surface area contributed by atoms with E-state index in [-0.39, 0.29) is 17.9 Å². The van der Waals surface area contributed by atoms with Gasteiger partial charge in [0.15, 0.2) is 0 Å². The fraction of sp³-hybridized carbons (Fsp3) is 0.357. The van der Waals surface area contributed by atoms with Gasteiger partial charge in [-0.15, -0.1) is 10.8 Å². The van der Waals surface area contributed by atoms with E-state index in [1.807, 2.05) is 0 Å². The van der Waals surface area contributed by atoms with Crippen LogP contribution < -0.4 is 10.5 Å². The first-order chi connectivity index (χ1) is 12.6. The average molecular weight is 449 g/mol. The fourth-order valence-electron chi connectivity index (χ4n) is 2.15. The zero-order valence-corrected chi connectivity index (χ0v) is 15.4. The molecule has 7 N–H and O–H groups in total. The molecule has 1 aliphatic heterocycles. The smallest absolute Gasteiger partial charge is 0.480 e. The number of benzene rings is 1. The SMILES string of the molecule is N[C@@H](Cc1ccc(C2CC(=O)NS2(O)O)c(Cl)c1)C(=O)O.O=C(O)C(F)(F)F. The van der Waals surface area contributed by atoms with Crippen molar-refractivity contribution < 1.29 is 46.9 Å². The molecule has 1 amide bonds. The van der Waals surface area contributed by atoms with E-state index in [1.165, 1.54) is 6.07 Å². The van der Waals surface area contributed by atoms with Crippen LogP contribution in [-0.4, -0.2) is 49.4 Å². The molecule has 1 heterocycles. The summed E-state index contributed by atoms with van der Waals surface area (Å²) >= 11 is 6.11. The van der Waals surface area contributed by atoms with Gasteiger partial charge in [0, 0.05) is 5.02 Å². The average Bonchev–Trinajstić information content (AvgIpc) is 2.79. The number of carbonyl (C=O) groups excluding carboxylic acids is 1. The van der Waals surface area contributed by atoms with Crippen molar-refractivity contribution in [1.82, 2.24) is 4.72 Å². The number of nitrogens with two attached hydrogens (primary N) is 1. The molecule has 1 unspecified atom stereocenters. The van der Waals surface area contributed by atoms with Gasteiger partial charge in [-0.25, -0.2) is 4.79 Å². The van der Waals surface area contributed by atoms with Crippen molar-refractivity contribution in [2.45, 2.75) is 30.3 Å². The molecule has 9 nitrogen and oxygen atoms in total. The molecular formula is C14H16ClF3N2O7S. The standard InChI is InChI=1S/C12H15ClN2O5S.C2HF3O2/c13-8-3-6(4-9(14)12(17)18)1-2-7(8)10-5-11(16)15-21(10,19)20;3-2(4,5)1(6)7/h1-3,9-10,19-20H,4-5,14H2,(H,15,16)(H,17,18);(H,6,7)/t9-,10?;/m0./s1. The molecule has 2 atom stereocenters. The molecule has 28 heavy (non-hydrogen) atoms. The summed E-state index contributed by atoms with van der Waals surface area (Å²) in [5.74, 6) is -4.32. The summed E-state index contributed by atoms with van der Waals surface area (Å²) in [4.78, 5) is 30.9. The second-order valence-electron chi connectivity index (χ2n) is 5.62. The van der Waals surface area contributed by atoms with Crippen LogP contribution >= 0.6 is 22.4 Å². The summed E-state index contributed by atoms with van der Waals surface area (Å²) in [7, 11) is -3.26. The summed E-state index contributed by atoms with van der Waals surface area (Å²) in [6.07, 6.45) is -5.04. The summed E-state index contributed by atoms with van der Waals surface area (Å²) in [6.45, 7) is 0. The highest BCUT2D eigenvalue weighted by Crippen LogP contribution is 2.57. The lowest BCUT2D eigenvalue weighted by atomic mass is 10.0. The number of amides is 1. The van der Waals surface area contributed by atoms with Gasteiger partial charge in [-0.05, 0) is 23.6 Å². The van der Waals surface area contributed by atoms with Crippen LogP contribution in [0.15, 0.2) is 18.2 Å². The Balaban J connectivity index is 0.000000480. The Morgan fingerprint density at radius 3 is 2.21 bits per heavy atom. The number of nitrogens with one attached hydrogen (secondary N) is 1. The zero-order chi connectivity index (χ0) is 21.9.